The van der Waals surface area contributed by atoms with Gasteiger partial charge in [-0.05, 0) is 37.5 Å². The lowest BCUT2D eigenvalue weighted by Crippen LogP contribution is -2.24. The normalized spacial score (nSPS) is 15.4. The van der Waals surface area contributed by atoms with Crippen LogP contribution in [-0.4, -0.2) is 13.9 Å². The summed E-state index contributed by atoms with van der Waals surface area (Å²) in [6.07, 6.45) is 6.10. The topological polar surface area (TPSA) is 44.2 Å². The molecular weight excluding hydrogens is 416 g/mol. The van der Waals surface area contributed by atoms with Crippen LogP contribution in [0.25, 0.3) is 16.9 Å². The largest absolute Gasteiger partial charge is 0.313 e. The molecule has 0 spiro atoms. The Labute approximate surface area is 191 Å². The molecule has 1 fully saturated rings. The van der Waals surface area contributed by atoms with E-state index in [1.54, 1.807) is 16.0 Å². The van der Waals surface area contributed by atoms with E-state index in [9.17, 15) is 4.79 Å². The molecule has 6 heteroatoms. The van der Waals surface area contributed by atoms with Gasteiger partial charge in [0.05, 0.1) is 17.1 Å². The second-order valence-electron chi connectivity index (χ2n) is 8.45. The summed E-state index contributed by atoms with van der Waals surface area (Å²) in [5.41, 5.74) is 4.54. The number of thiazole rings is 1. The molecule has 2 heterocycles. The molecule has 1 saturated carbocycles. The average Bonchev–Trinajstić information content (AvgIpc) is 3.35. The van der Waals surface area contributed by atoms with Gasteiger partial charge in [0.1, 0.15) is 0 Å². The van der Waals surface area contributed by atoms with Crippen LogP contribution in [0, 0.1) is 6.92 Å². The number of hydrogen-bond donors (Lipinski definition) is 0. The highest BCUT2D eigenvalue weighted by atomic mass is 32.1. The number of aromatic nitrogens is 3. The lowest BCUT2D eigenvalue weighted by atomic mass is 9.95. The SMILES string of the molecule is Cc1c(N=c2scc(-c3ccccc3)n2C2CCCCC2)c(=O)n(-c2ccccc2)n1C. The minimum absolute atomic E-state index is 0.0824. The molecule has 0 bridgehead atoms. The zero-order valence-corrected chi connectivity index (χ0v) is 19.4. The van der Waals surface area contributed by atoms with Crippen LogP contribution < -0.4 is 10.4 Å². The van der Waals surface area contributed by atoms with Gasteiger partial charge in [-0.2, -0.15) is 0 Å². The predicted molar refractivity (Wildman–Crippen MR) is 131 cm³/mol. The van der Waals surface area contributed by atoms with Gasteiger partial charge >= 0.3 is 0 Å². The summed E-state index contributed by atoms with van der Waals surface area (Å²) in [6.45, 7) is 1.97. The molecule has 2 aromatic heterocycles. The van der Waals surface area contributed by atoms with Crippen LogP contribution in [0.4, 0.5) is 5.69 Å². The molecule has 2 aromatic carbocycles. The third kappa shape index (κ3) is 3.69. The first-order chi connectivity index (χ1) is 15.6. The van der Waals surface area contributed by atoms with E-state index in [1.165, 1.54) is 30.5 Å². The molecule has 4 aromatic rings. The maximum Gasteiger partial charge on any atom is 0.297 e. The smallest absolute Gasteiger partial charge is 0.297 e. The molecule has 5 rings (SSSR count). The van der Waals surface area contributed by atoms with Gasteiger partial charge in [-0.1, -0.05) is 67.8 Å². The zero-order valence-electron chi connectivity index (χ0n) is 18.6. The van der Waals surface area contributed by atoms with Gasteiger partial charge in [0.2, 0.25) is 0 Å². The Morgan fingerprint density at radius 1 is 0.938 bits per heavy atom. The Kier molecular flexibility index (Phi) is 5.70. The Balaban J connectivity index is 1.70. The van der Waals surface area contributed by atoms with Crippen LogP contribution >= 0.6 is 11.3 Å². The second kappa shape index (κ2) is 8.79. The second-order valence-corrected chi connectivity index (χ2v) is 9.29. The number of para-hydroxylation sites is 1. The first-order valence-electron chi connectivity index (χ1n) is 11.3. The van der Waals surface area contributed by atoms with E-state index >= 15 is 0 Å². The Hall–Kier alpha value is -3.12. The molecule has 0 aliphatic heterocycles. The molecule has 1 aliphatic rings. The lowest BCUT2D eigenvalue weighted by Gasteiger charge is -2.25. The molecule has 32 heavy (non-hydrogen) atoms. The third-order valence-electron chi connectivity index (χ3n) is 6.48. The first-order valence-corrected chi connectivity index (χ1v) is 12.2. The van der Waals surface area contributed by atoms with Gasteiger partial charge in [0.25, 0.3) is 5.56 Å². The molecular formula is C26H28N4OS. The van der Waals surface area contributed by atoms with Crippen LogP contribution in [0.15, 0.2) is 75.8 Å². The van der Waals surface area contributed by atoms with Crippen molar-refractivity contribution >= 4 is 17.0 Å². The number of rotatable bonds is 4. The maximum absolute atomic E-state index is 13.4. The fourth-order valence-corrected chi connectivity index (χ4v) is 5.66. The first kappa shape index (κ1) is 20.8. The van der Waals surface area contributed by atoms with Crippen molar-refractivity contribution in [2.45, 2.75) is 45.1 Å². The number of benzene rings is 2. The molecule has 0 atom stereocenters. The van der Waals surface area contributed by atoms with Crippen molar-refractivity contribution < 1.29 is 0 Å². The van der Waals surface area contributed by atoms with E-state index in [4.69, 9.17) is 4.99 Å². The van der Waals surface area contributed by atoms with Gasteiger partial charge in [-0.25, -0.2) is 9.67 Å². The lowest BCUT2D eigenvalue weighted by molar-refractivity contribution is 0.351. The standard InChI is InChI=1S/C26H28N4OS/c1-19-24(25(31)30(28(19)2)22-16-10-5-11-17-22)27-26-29(21-14-8-4-9-15-21)23(18-32-26)20-12-6-3-7-13-20/h3,5-7,10-13,16-18,21H,4,8-9,14-15H2,1-2H3. The fourth-order valence-electron chi connectivity index (χ4n) is 4.69. The summed E-state index contributed by atoms with van der Waals surface area (Å²) in [5, 5.41) is 2.19. The van der Waals surface area contributed by atoms with Crippen molar-refractivity contribution in [2.24, 2.45) is 12.0 Å². The van der Waals surface area contributed by atoms with Crippen molar-refractivity contribution in [3.05, 3.63) is 86.9 Å². The third-order valence-corrected chi connectivity index (χ3v) is 7.32. The van der Waals surface area contributed by atoms with Crippen molar-refractivity contribution in [2.75, 3.05) is 0 Å². The molecule has 0 radical (unpaired) electrons. The fraction of sp³-hybridized carbons (Fsp3) is 0.308. The van der Waals surface area contributed by atoms with Crippen LogP contribution in [-0.2, 0) is 7.05 Å². The van der Waals surface area contributed by atoms with Crippen LogP contribution in [0.1, 0.15) is 43.8 Å². The van der Waals surface area contributed by atoms with E-state index in [2.05, 4.69) is 34.2 Å². The molecule has 0 N–H and O–H groups in total. The molecule has 164 valence electrons. The molecule has 1 aliphatic carbocycles. The minimum Gasteiger partial charge on any atom is -0.313 e. The molecule has 0 amide bonds. The number of nitrogens with zero attached hydrogens (tertiary/aromatic N) is 4. The summed E-state index contributed by atoms with van der Waals surface area (Å²) in [5.74, 6) is 0. The highest BCUT2D eigenvalue weighted by molar-refractivity contribution is 7.07. The van der Waals surface area contributed by atoms with Crippen molar-refractivity contribution in [1.29, 1.82) is 0 Å². The van der Waals surface area contributed by atoms with E-state index in [1.807, 2.05) is 55.1 Å². The van der Waals surface area contributed by atoms with Crippen molar-refractivity contribution in [3.63, 3.8) is 0 Å². The van der Waals surface area contributed by atoms with Crippen LogP contribution in [0.2, 0.25) is 0 Å². The van der Waals surface area contributed by atoms with Gasteiger partial charge in [-0.15, -0.1) is 11.3 Å². The molecule has 0 unspecified atom stereocenters. The van der Waals surface area contributed by atoms with Crippen molar-refractivity contribution in [3.8, 4) is 16.9 Å². The molecule has 0 saturated heterocycles. The highest BCUT2D eigenvalue weighted by Crippen LogP contribution is 2.32. The minimum atomic E-state index is -0.0824. The molecule has 5 nitrogen and oxygen atoms in total. The van der Waals surface area contributed by atoms with E-state index < -0.39 is 0 Å². The quantitative estimate of drug-likeness (QED) is 0.395. The summed E-state index contributed by atoms with van der Waals surface area (Å²) in [4.78, 5) is 19.3. The summed E-state index contributed by atoms with van der Waals surface area (Å²) >= 11 is 1.63. The van der Waals surface area contributed by atoms with Gasteiger partial charge < -0.3 is 4.57 Å². The van der Waals surface area contributed by atoms with E-state index in [0.29, 0.717) is 11.7 Å². The Bertz CT molecular complexity index is 1340. The summed E-state index contributed by atoms with van der Waals surface area (Å²) < 4.78 is 5.98. The highest BCUT2D eigenvalue weighted by Gasteiger charge is 2.22. The van der Waals surface area contributed by atoms with Gasteiger partial charge in [0, 0.05) is 18.5 Å². The summed E-state index contributed by atoms with van der Waals surface area (Å²) in [6, 6.07) is 20.7. The zero-order chi connectivity index (χ0) is 22.1. The predicted octanol–water partition coefficient (Wildman–Crippen LogP) is 5.75. The van der Waals surface area contributed by atoms with Crippen LogP contribution in [0.3, 0.4) is 0 Å². The monoisotopic (exact) mass is 444 g/mol. The Morgan fingerprint density at radius 2 is 1.59 bits per heavy atom. The number of hydrogen-bond acceptors (Lipinski definition) is 3. The average molecular weight is 445 g/mol. The summed E-state index contributed by atoms with van der Waals surface area (Å²) in [7, 11) is 1.92. The Morgan fingerprint density at radius 3 is 2.28 bits per heavy atom. The van der Waals surface area contributed by atoms with Gasteiger partial charge in [0.15, 0.2) is 10.5 Å². The maximum atomic E-state index is 13.4. The van der Waals surface area contributed by atoms with Gasteiger partial charge in [-0.3, -0.25) is 9.48 Å². The van der Waals surface area contributed by atoms with E-state index in [0.717, 1.165) is 29.0 Å². The van der Waals surface area contributed by atoms with Crippen LogP contribution in [0.5, 0.6) is 0 Å². The van der Waals surface area contributed by atoms with E-state index in [-0.39, 0.29) is 5.56 Å². The van der Waals surface area contributed by atoms with Crippen molar-refractivity contribution in [1.82, 2.24) is 13.9 Å².